The normalized spacial score (nSPS) is 10.2. The van der Waals surface area contributed by atoms with Crippen LogP contribution in [-0.4, -0.2) is 27.3 Å². The first kappa shape index (κ1) is 11.3. The zero-order chi connectivity index (χ0) is 12.1. The number of carbonyl (C=O) groups is 1. The molecule has 0 saturated heterocycles. The number of carbonyl (C=O) groups excluding carboxylic acids is 1. The molecule has 0 aliphatic heterocycles. The Morgan fingerprint density at radius 3 is 2.71 bits per heavy atom. The van der Waals surface area contributed by atoms with Crippen LogP contribution in [0.3, 0.4) is 0 Å². The number of aromatic nitrogens is 3. The predicted octanol–water partition coefficient (Wildman–Crippen LogP) is 1.37. The molecule has 2 aromatic rings. The minimum atomic E-state index is -0.207. The van der Waals surface area contributed by atoms with E-state index in [0.717, 1.165) is 11.3 Å². The van der Waals surface area contributed by atoms with E-state index in [1.807, 2.05) is 24.3 Å². The number of benzene rings is 1. The Balaban J connectivity index is 2.06. The number of ether oxygens (including phenoxy) is 1. The van der Waals surface area contributed by atoms with Gasteiger partial charge in [0.2, 0.25) is 0 Å². The highest BCUT2D eigenvalue weighted by molar-refractivity contribution is 5.72. The third-order valence-corrected chi connectivity index (χ3v) is 2.27. The minimum Gasteiger partial charge on any atom is -0.466 e. The molecule has 17 heavy (non-hydrogen) atoms. The van der Waals surface area contributed by atoms with E-state index in [2.05, 4.69) is 10.1 Å². The monoisotopic (exact) mass is 231 g/mol. The Labute approximate surface area is 99.1 Å². The number of rotatable bonds is 4. The van der Waals surface area contributed by atoms with Crippen molar-refractivity contribution in [3.8, 4) is 5.69 Å². The first-order valence-corrected chi connectivity index (χ1v) is 5.39. The number of nitrogens with zero attached hydrogens (tertiary/aromatic N) is 3. The van der Waals surface area contributed by atoms with Gasteiger partial charge in [0.05, 0.1) is 18.7 Å². The molecule has 0 atom stereocenters. The second-order valence-electron chi connectivity index (χ2n) is 3.49. The molecule has 0 unspecified atom stereocenters. The first-order valence-electron chi connectivity index (χ1n) is 5.39. The predicted molar refractivity (Wildman–Crippen MR) is 61.7 cm³/mol. The molecule has 0 fully saturated rings. The molecule has 0 spiro atoms. The van der Waals surface area contributed by atoms with Gasteiger partial charge in [0.1, 0.15) is 12.7 Å². The standard InChI is InChI=1S/C12H13N3O2/c1-2-17-12(16)7-10-3-5-11(6-4-10)15-9-13-8-14-15/h3-6,8-9H,2,7H2,1H3. The van der Waals surface area contributed by atoms with Crippen LogP contribution in [0.15, 0.2) is 36.9 Å². The first-order chi connectivity index (χ1) is 8.29. The molecule has 0 aliphatic rings. The fourth-order valence-electron chi connectivity index (χ4n) is 1.49. The Hall–Kier alpha value is -2.17. The lowest BCUT2D eigenvalue weighted by atomic mass is 10.1. The van der Waals surface area contributed by atoms with E-state index in [4.69, 9.17) is 4.74 Å². The van der Waals surface area contributed by atoms with Crippen LogP contribution < -0.4 is 0 Å². The van der Waals surface area contributed by atoms with Gasteiger partial charge in [-0.1, -0.05) is 12.1 Å². The van der Waals surface area contributed by atoms with Crippen molar-refractivity contribution in [1.82, 2.24) is 14.8 Å². The highest BCUT2D eigenvalue weighted by Crippen LogP contribution is 2.08. The second-order valence-corrected chi connectivity index (χ2v) is 3.49. The van der Waals surface area contributed by atoms with Crippen LogP contribution >= 0.6 is 0 Å². The molecule has 88 valence electrons. The maximum atomic E-state index is 11.3. The van der Waals surface area contributed by atoms with Gasteiger partial charge < -0.3 is 4.74 Å². The number of esters is 1. The van der Waals surface area contributed by atoms with Gasteiger partial charge in [0.25, 0.3) is 0 Å². The van der Waals surface area contributed by atoms with Gasteiger partial charge in [0, 0.05) is 0 Å². The van der Waals surface area contributed by atoms with Crippen LogP contribution in [0.1, 0.15) is 12.5 Å². The van der Waals surface area contributed by atoms with E-state index in [9.17, 15) is 4.79 Å². The maximum absolute atomic E-state index is 11.3. The van der Waals surface area contributed by atoms with Gasteiger partial charge in [-0.15, -0.1) is 0 Å². The topological polar surface area (TPSA) is 57.0 Å². The molecule has 0 N–H and O–H groups in total. The van der Waals surface area contributed by atoms with Crippen LogP contribution in [-0.2, 0) is 16.0 Å². The van der Waals surface area contributed by atoms with Crippen molar-refractivity contribution in [2.24, 2.45) is 0 Å². The number of hydrogen-bond donors (Lipinski definition) is 0. The SMILES string of the molecule is CCOC(=O)Cc1ccc(-n2cncn2)cc1. The average molecular weight is 231 g/mol. The summed E-state index contributed by atoms with van der Waals surface area (Å²) in [5.41, 5.74) is 1.84. The summed E-state index contributed by atoms with van der Waals surface area (Å²) in [7, 11) is 0. The summed E-state index contributed by atoms with van der Waals surface area (Å²) in [6.07, 6.45) is 3.40. The van der Waals surface area contributed by atoms with Gasteiger partial charge in [0.15, 0.2) is 0 Å². The lowest BCUT2D eigenvalue weighted by Gasteiger charge is -2.04. The molecular formula is C12H13N3O2. The molecule has 1 aromatic heterocycles. The fraction of sp³-hybridized carbons (Fsp3) is 0.250. The lowest BCUT2D eigenvalue weighted by molar-refractivity contribution is -0.142. The Morgan fingerprint density at radius 2 is 2.12 bits per heavy atom. The van der Waals surface area contributed by atoms with E-state index in [-0.39, 0.29) is 5.97 Å². The van der Waals surface area contributed by atoms with Crippen LogP contribution in [0.25, 0.3) is 5.69 Å². The molecule has 2 rings (SSSR count). The third-order valence-electron chi connectivity index (χ3n) is 2.27. The van der Waals surface area contributed by atoms with Crippen molar-refractivity contribution in [1.29, 1.82) is 0 Å². The fourth-order valence-corrected chi connectivity index (χ4v) is 1.49. The summed E-state index contributed by atoms with van der Waals surface area (Å²) >= 11 is 0. The van der Waals surface area contributed by atoms with Crippen molar-refractivity contribution in [2.45, 2.75) is 13.3 Å². The summed E-state index contributed by atoms with van der Waals surface area (Å²) in [4.78, 5) is 15.1. The second kappa shape index (κ2) is 5.25. The zero-order valence-corrected chi connectivity index (χ0v) is 9.54. The molecule has 1 aromatic carbocycles. The van der Waals surface area contributed by atoms with Crippen molar-refractivity contribution in [2.75, 3.05) is 6.61 Å². The highest BCUT2D eigenvalue weighted by atomic mass is 16.5. The Morgan fingerprint density at radius 1 is 1.35 bits per heavy atom. The van der Waals surface area contributed by atoms with Gasteiger partial charge in [-0.2, -0.15) is 5.10 Å². The molecule has 0 saturated carbocycles. The number of hydrogen-bond acceptors (Lipinski definition) is 4. The average Bonchev–Trinajstić information content (AvgIpc) is 2.84. The van der Waals surface area contributed by atoms with E-state index >= 15 is 0 Å². The molecule has 0 amide bonds. The van der Waals surface area contributed by atoms with Crippen molar-refractivity contribution in [3.63, 3.8) is 0 Å². The van der Waals surface area contributed by atoms with Crippen LogP contribution in [0, 0.1) is 0 Å². The third kappa shape index (κ3) is 2.90. The maximum Gasteiger partial charge on any atom is 0.310 e. The van der Waals surface area contributed by atoms with Gasteiger partial charge in [-0.25, -0.2) is 9.67 Å². The Kier molecular flexibility index (Phi) is 3.49. The molecule has 0 aliphatic carbocycles. The minimum absolute atomic E-state index is 0.207. The zero-order valence-electron chi connectivity index (χ0n) is 9.54. The summed E-state index contributed by atoms with van der Waals surface area (Å²) in [5, 5.41) is 4.02. The van der Waals surface area contributed by atoms with E-state index in [1.165, 1.54) is 6.33 Å². The van der Waals surface area contributed by atoms with E-state index in [1.54, 1.807) is 17.9 Å². The van der Waals surface area contributed by atoms with Gasteiger partial charge in [-0.05, 0) is 24.6 Å². The van der Waals surface area contributed by atoms with Crippen LogP contribution in [0.2, 0.25) is 0 Å². The van der Waals surface area contributed by atoms with Gasteiger partial charge in [-0.3, -0.25) is 4.79 Å². The van der Waals surface area contributed by atoms with Crippen molar-refractivity contribution >= 4 is 5.97 Å². The molecule has 5 heteroatoms. The lowest BCUT2D eigenvalue weighted by Crippen LogP contribution is -2.07. The largest absolute Gasteiger partial charge is 0.466 e. The quantitative estimate of drug-likeness (QED) is 0.746. The molecule has 1 heterocycles. The Bertz CT molecular complexity index is 477. The summed E-state index contributed by atoms with van der Waals surface area (Å²) in [6.45, 7) is 2.21. The molecule has 0 bridgehead atoms. The van der Waals surface area contributed by atoms with Crippen LogP contribution in [0.5, 0.6) is 0 Å². The van der Waals surface area contributed by atoms with E-state index < -0.39 is 0 Å². The summed E-state index contributed by atoms with van der Waals surface area (Å²) < 4.78 is 6.54. The van der Waals surface area contributed by atoms with E-state index in [0.29, 0.717) is 13.0 Å². The van der Waals surface area contributed by atoms with Gasteiger partial charge >= 0.3 is 5.97 Å². The summed E-state index contributed by atoms with van der Waals surface area (Å²) in [5.74, 6) is -0.207. The van der Waals surface area contributed by atoms with Crippen LogP contribution in [0.4, 0.5) is 0 Å². The molecular weight excluding hydrogens is 218 g/mol. The molecule has 5 nitrogen and oxygen atoms in total. The van der Waals surface area contributed by atoms with Crippen molar-refractivity contribution in [3.05, 3.63) is 42.5 Å². The van der Waals surface area contributed by atoms with Crippen molar-refractivity contribution < 1.29 is 9.53 Å². The molecule has 0 radical (unpaired) electrons. The smallest absolute Gasteiger partial charge is 0.310 e. The highest BCUT2D eigenvalue weighted by Gasteiger charge is 2.04. The summed E-state index contributed by atoms with van der Waals surface area (Å²) in [6, 6.07) is 7.55.